The van der Waals surface area contributed by atoms with Crippen LogP contribution in [0.25, 0.3) is 0 Å². The van der Waals surface area contributed by atoms with Gasteiger partial charge in [-0.25, -0.2) is 5.43 Å². The number of hydrogen-bond donors (Lipinski definition) is 2. The Bertz CT molecular complexity index is 123. The van der Waals surface area contributed by atoms with Gasteiger partial charge in [0.1, 0.15) is 0 Å². The number of nitrogens with two attached hydrogens (primary N) is 1. The van der Waals surface area contributed by atoms with E-state index in [4.69, 9.17) is 5.84 Å². The van der Waals surface area contributed by atoms with Crippen molar-refractivity contribution >= 4 is 5.78 Å². The second kappa shape index (κ2) is 5.27. The van der Waals surface area contributed by atoms with E-state index >= 15 is 0 Å². The van der Waals surface area contributed by atoms with E-state index in [1.54, 1.807) is 0 Å². The summed E-state index contributed by atoms with van der Waals surface area (Å²) in [6.45, 7) is 5.82. The zero-order valence-corrected chi connectivity index (χ0v) is 7.55. The number of carbonyl (C=O) groups excluding carboxylic acids is 1. The highest BCUT2D eigenvalue weighted by Crippen LogP contribution is 2.04. The Hall–Kier alpha value is -0.410. The molecule has 0 aliphatic heterocycles. The van der Waals surface area contributed by atoms with Gasteiger partial charge in [-0.3, -0.25) is 10.6 Å². The monoisotopic (exact) mass is 158 g/mol. The summed E-state index contributed by atoms with van der Waals surface area (Å²) in [6.07, 6.45) is 1.81. The number of rotatable bonds is 5. The highest BCUT2D eigenvalue weighted by atomic mass is 16.1. The molecule has 0 heterocycles. The minimum atomic E-state index is -0.153. The molecule has 0 aliphatic rings. The van der Waals surface area contributed by atoms with Gasteiger partial charge in [-0.1, -0.05) is 27.2 Å². The number of carbonyl (C=O) groups is 1. The molecule has 0 spiro atoms. The molecule has 0 aromatic carbocycles. The summed E-state index contributed by atoms with van der Waals surface area (Å²) in [6, 6.07) is -0.153. The first-order valence-electron chi connectivity index (χ1n) is 4.13. The fourth-order valence-electron chi connectivity index (χ4n) is 0.999. The Morgan fingerprint density at radius 3 is 2.36 bits per heavy atom. The van der Waals surface area contributed by atoms with Crippen LogP contribution in [0.3, 0.4) is 0 Å². The Morgan fingerprint density at radius 2 is 2.09 bits per heavy atom. The van der Waals surface area contributed by atoms with E-state index in [1.165, 1.54) is 0 Å². The molecule has 0 aromatic rings. The largest absolute Gasteiger partial charge is 0.298 e. The van der Waals surface area contributed by atoms with E-state index in [9.17, 15) is 4.79 Å². The third kappa shape index (κ3) is 3.49. The van der Waals surface area contributed by atoms with Crippen molar-refractivity contribution in [2.24, 2.45) is 11.8 Å². The third-order valence-corrected chi connectivity index (χ3v) is 1.69. The second-order valence-electron chi connectivity index (χ2n) is 3.06. The molecule has 3 heteroatoms. The lowest BCUT2D eigenvalue weighted by Crippen LogP contribution is -2.43. The zero-order chi connectivity index (χ0) is 8.85. The summed E-state index contributed by atoms with van der Waals surface area (Å²) in [4.78, 5) is 11.3. The Morgan fingerprint density at radius 1 is 1.55 bits per heavy atom. The van der Waals surface area contributed by atoms with Crippen LogP contribution in [0.5, 0.6) is 0 Å². The molecule has 0 saturated heterocycles. The van der Waals surface area contributed by atoms with Crippen molar-refractivity contribution < 1.29 is 4.79 Å². The molecule has 0 aliphatic carbocycles. The average Bonchev–Trinajstić information content (AvgIpc) is 1.98. The van der Waals surface area contributed by atoms with E-state index < -0.39 is 0 Å². The van der Waals surface area contributed by atoms with Crippen LogP contribution in [0.4, 0.5) is 0 Å². The standard InChI is InChI=1S/C8H18N2O/c1-4-5-7(10-9)8(11)6(2)3/h6-7,10H,4-5,9H2,1-3H3. The van der Waals surface area contributed by atoms with Crippen LogP contribution < -0.4 is 11.3 Å². The van der Waals surface area contributed by atoms with Crippen LogP contribution >= 0.6 is 0 Å². The molecule has 0 saturated carbocycles. The first kappa shape index (κ1) is 10.6. The molecule has 0 radical (unpaired) electrons. The zero-order valence-electron chi connectivity index (χ0n) is 7.55. The lowest BCUT2D eigenvalue weighted by molar-refractivity contribution is -0.124. The number of nitrogens with one attached hydrogen (secondary N) is 1. The number of hydrazine groups is 1. The Kier molecular flexibility index (Phi) is 5.07. The minimum absolute atomic E-state index is 0.0719. The van der Waals surface area contributed by atoms with Gasteiger partial charge in [-0.15, -0.1) is 0 Å². The van der Waals surface area contributed by atoms with Gasteiger partial charge in [0, 0.05) is 5.92 Å². The maximum atomic E-state index is 11.3. The topological polar surface area (TPSA) is 55.1 Å². The van der Waals surface area contributed by atoms with Gasteiger partial charge in [-0.2, -0.15) is 0 Å². The molecule has 0 rings (SSSR count). The van der Waals surface area contributed by atoms with Crippen LogP contribution in [0, 0.1) is 5.92 Å². The van der Waals surface area contributed by atoms with Crippen LogP contribution in [0.15, 0.2) is 0 Å². The molecule has 1 atom stereocenters. The predicted molar refractivity (Wildman–Crippen MR) is 45.9 cm³/mol. The summed E-state index contributed by atoms with van der Waals surface area (Å²) >= 11 is 0. The molecule has 1 unspecified atom stereocenters. The molecule has 11 heavy (non-hydrogen) atoms. The van der Waals surface area contributed by atoms with Gasteiger partial charge in [0.2, 0.25) is 0 Å². The molecular weight excluding hydrogens is 140 g/mol. The Balaban J connectivity index is 3.92. The van der Waals surface area contributed by atoms with Crippen molar-refractivity contribution in [2.45, 2.75) is 39.7 Å². The van der Waals surface area contributed by atoms with Crippen LogP contribution in [-0.2, 0) is 4.79 Å². The maximum Gasteiger partial charge on any atom is 0.153 e. The predicted octanol–water partition coefficient (Wildman–Crippen LogP) is 0.844. The summed E-state index contributed by atoms with van der Waals surface area (Å²) in [5.74, 6) is 5.50. The maximum absolute atomic E-state index is 11.3. The second-order valence-corrected chi connectivity index (χ2v) is 3.06. The smallest absolute Gasteiger partial charge is 0.153 e. The van der Waals surface area contributed by atoms with Crippen molar-refractivity contribution in [2.75, 3.05) is 0 Å². The molecule has 0 bridgehead atoms. The van der Waals surface area contributed by atoms with Gasteiger partial charge >= 0.3 is 0 Å². The fourth-order valence-corrected chi connectivity index (χ4v) is 0.999. The van der Waals surface area contributed by atoms with E-state index in [2.05, 4.69) is 5.43 Å². The van der Waals surface area contributed by atoms with Crippen LogP contribution in [-0.4, -0.2) is 11.8 Å². The van der Waals surface area contributed by atoms with E-state index in [1.807, 2.05) is 20.8 Å². The normalized spacial score (nSPS) is 13.5. The van der Waals surface area contributed by atoms with Crippen LogP contribution in [0.2, 0.25) is 0 Å². The SMILES string of the molecule is CCCC(NN)C(=O)C(C)C. The first-order chi connectivity index (χ1) is 5.13. The fraction of sp³-hybridized carbons (Fsp3) is 0.875. The lowest BCUT2D eigenvalue weighted by Gasteiger charge is -2.15. The average molecular weight is 158 g/mol. The molecule has 66 valence electrons. The van der Waals surface area contributed by atoms with Crippen molar-refractivity contribution in [3.8, 4) is 0 Å². The van der Waals surface area contributed by atoms with Gasteiger partial charge in [0.05, 0.1) is 6.04 Å². The van der Waals surface area contributed by atoms with Gasteiger partial charge < -0.3 is 0 Å². The molecule has 3 N–H and O–H groups in total. The minimum Gasteiger partial charge on any atom is -0.298 e. The van der Waals surface area contributed by atoms with Crippen molar-refractivity contribution in [1.29, 1.82) is 0 Å². The summed E-state index contributed by atoms with van der Waals surface area (Å²) < 4.78 is 0. The van der Waals surface area contributed by atoms with Crippen molar-refractivity contribution in [3.63, 3.8) is 0 Å². The number of hydrogen-bond acceptors (Lipinski definition) is 3. The molecule has 3 nitrogen and oxygen atoms in total. The molecule has 0 amide bonds. The van der Waals surface area contributed by atoms with Crippen LogP contribution in [0.1, 0.15) is 33.6 Å². The van der Waals surface area contributed by atoms with Gasteiger partial charge in [0.15, 0.2) is 5.78 Å². The van der Waals surface area contributed by atoms with Gasteiger partial charge in [0.25, 0.3) is 0 Å². The van der Waals surface area contributed by atoms with E-state index in [0.29, 0.717) is 0 Å². The Labute approximate surface area is 68.3 Å². The van der Waals surface area contributed by atoms with E-state index in [0.717, 1.165) is 12.8 Å². The third-order valence-electron chi connectivity index (χ3n) is 1.69. The lowest BCUT2D eigenvalue weighted by atomic mass is 9.99. The molecular formula is C8H18N2O. The first-order valence-corrected chi connectivity index (χ1v) is 4.13. The molecule has 0 fully saturated rings. The van der Waals surface area contributed by atoms with E-state index in [-0.39, 0.29) is 17.7 Å². The van der Waals surface area contributed by atoms with Crippen molar-refractivity contribution in [3.05, 3.63) is 0 Å². The summed E-state index contributed by atoms with van der Waals surface area (Å²) in [5.41, 5.74) is 2.53. The van der Waals surface area contributed by atoms with Crippen molar-refractivity contribution in [1.82, 2.24) is 5.43 Å². The van der Waals surface area contributed by atoms with Gasteiger partial charge in [-0.05, 0) is 6.42 Å². The highest BCUT2D eigenvalue weighted by molar-refractivity contribution is 5.85. The quantitative estimate of drug-likeness (QED) is 0.460. The summed E-state index contributed by atoms with van der Waals surface area (Å²) in [5, 5.41) is 0. The summed E-state index contributed by atoms with van der Waals surface area (Å²) in [7, 11) is 0. The highest BCUT2D eigenvalue weighted by Gasteiger charge is 2.17. The number of ketones is 1. The molecule has 0 aromatic heterocycles. The number of Topliss-reactive ketones (excluding diaryl/α,β-unsaturated/α-hetero) is 1.